The molecule has 0 aliphatic carbocycles. The van der Waals surface area contributed by atoms with E-state index >= 15 is 0 Å². The smallest absolute Gasteiger partial charge is 0.353 e. The number of nitrogens with one attached hydrogen (secondary N) is 2. The molecule has 8 nitrogen and oxygen atoms in total. The number of carbonyl (C=O) groups excluding carboxylic acids is 4. The first kappa shape index (κ1) is 22.5. The fraction of sp³-hybridized carbons (Fsp3) is 0.167. The summed E-state index contributed by atoms with van der Waals surface area (Å²) in [6.45, 7) is 10.7. The van der Waals surface area contributed by atoms with E-state index in [4.69, 9.17) is 0 Å². The van der Waals surface area contributed by atoms with E-state index in [-0.39, 0.29) is 29.8 Å². The Bertz CT molecular complexity index is 1160. The highest BCUT2D eigenvalue weighted by Crippen LogP contribution is 2.37. The first-order chi connectivity index (χ1) is 15.1. The maximum Gasteiger partial charge on any atom is 0.353 e. The van der Waals surface area contributed by atoms with Crippen molar-refractivity contribution in [2.24, 2.45) is 0 Å². The van der Waals surface area contributed by atoms with Crippen molar-refractivity contribution in [3.8, 4) is 11.1 Å². The average molecular weight is 433 g/mol. The van der Waals surface area contributed by atoms with Crippen LogP contribution in [0.15, 0.2) is 61.0 Å². The molecule has 1 aliphatic rings. The lowest BCUT2D eigenvalue weighted by Crippen LogP contribution is -2.36. The second-order valence-corrected chi connectivity index (χ2v) is 7.30. The van der Waals surface area contributed by atoms with Crippen molar-refractivity contribution in [3.63, 3.8) is 0 Å². The van der Waals surface area contributed by atoms with Crippen LogP contribution in [0.25, 0.3) is 11.1 Å². The number of hydrogen-bond donors (Lipinski definition) is 2. The van der Waals surface area contributed by atoms with Gasteiger partial charge in [0.1, 0.15) is 11.4 Å². The molecular formula is C24H23N3O5. The quantitative estimate of drug-likeness (QED) is 0.538. The van der Waals surface area contributed by atoms with Crippen LogP contribution >= 0.6 is 0 Å². The summed E-state index contributed by atoms with van der Waals surface area (Å²) in [7, 11) is 1.17. The van der Waals surface area contributed by atoms with E-state index in [2.05, 4.69) is 28.5 Å². The molecule has 0 aromatic heterocycles. The SMILES string of the molecule is C=C(NC(=O)C(=C)N1Cc2c(ccc(C)c2-c2ccc(NC(C)=O)cc2)C1=O)C(=O)OC. The summed E-state index contributed by atoms with van der Waals surface area (Å²) in [6, 6.07) is 10.9. The summed E-state index contributed by atoms with van der Waals surface area (Å²) in [4.78, 5) is 49.5. The third-order valence-corrected chi connectivity index (χ3v) is 5.09. The van der Waals surface area contributed by atoms with Crippen molar-refractivity contribution in [2.75, 3.05) is 12.4 Å². The lowest BCUT2D eigenvalue weighted by molar-refractivity contribution is -0.137. The molecule has 0 atom stereocenters. The molecular weight excluding hydrogens is 410 g/mol. The second kappa shape index (κ2) is 8.89. The van der Waals surface area contributed by atoms with Crippen molar-refractivity contribution in [2.45, 2.75) is 20.4 Å². The number of aryl methyl sites for hydroxylation is 1. The maximum atomic E-state index is 13.0. The van der Waals surface area contributed by atoms with Gasteiger partial charge in [-0.1, -0.05) is 31.4 Å². The molecule has 0 bridgehead atoms. The minimum absolute atomic E-state index is 0.110. The Balaban J connectivity index is 1.89. The van der Waals surface area contributed by atoms with E-state index in [1.807, 2.05) is 25.1 Å². The van der Waals surface area contributed by atoms with E-state index in [0.29, 0.717) is 11.3 Å². The molecule has 8 heteroatoms. The molecule has 0 saturated carbocycles. The number of carbonyl (C=O) groups is 4. The molecule has 0 saturated heterocycles. The standard InChI is InChI=1S/C24H23N3O5/c1-13-6-11-19-20(21(13)17-7-9-18(10-8-17)26-16(4)28)12-27(23(19)30)15(3)22(29)25-14(2)24(31)32-5/h6-11H,2-3,12H2,1,4-5H3,(H,25,29)(H,26,28). The van der Waals surface area contributed by atoms with E-state index in [1.54, 1.807) is 18.2 Å². The molecule has 3 rings (SSSR count). The van der Waals surface area contributed by atoms with E-state index in [1.165, 1.54) is 18.9 Å². The number of hydrogen-bond acceptors (Lipinski definition) is 5. The van der Waals surface area contributed by atoms with Crippen molar-refractivity contribution in [3.05, 3.63) is 77.6 Å². The van der Waals surface area contributed by atoms with Gasteiger partial charge in [0.05, 0.1) is 13.7 Å². The molecule has 0 radical (unpaired) electrons. The fourth-order valence-electron chi connectivity index (χ4n) is 3.55. The highest BCUT2D eigenvalue weighted by Gasteiger charge is 2.34. The highest BCUT2D eigenvalue weighted by molar-refractivity contribution is 6.08. The summed E-state index contributed by atoms with van der Waals surface area (Å²) in [5, 5.41) is 5.02. The number of esters is 1. The van der Waals surface area contributed by atoms with Gasteiger partial charge in [-0.05, 0) is 47.4 Å². The van der Waals surface area contributed by atoms with Crippen LogP contribution in [0.3, 0.4) is 0 Å². The number of ether oxygens (including phenoxy) is 1. The minimum atomic E-state index is -0.789. The van der Waals surface area contributed by atoms with Gasteiger partial charge in [-0.15, -0.1) is 0 Å². The Morgan fingerprint density at radius 1 is 1.06 bits per heavy atom. The lowest BCUT2D eigenvalue weighted by Gasteiger charge is -2.18. The molecule has 1 heterocycles. The normalized spacial score (nSPS) is 12.1. The first-order valence-electron chi connectivity index (χ1n) is 9.74. The summed E-state index contributed by atoms with van der Waals surface area (Å²) < 4.78 is 4.51. The number of fused-ring (bicyclic) bond motifs is 1. The average Bonchev–Trinajstić information content (AvgIpc) is 3.09. The number of amides is 3. The fourth-order valence-corrected chi connectivity index (χ4v) is 3.55. The van der Waals surface area contributed by atoms with Crippen LogP contribution in [-0.4, -0.2) is 35.7 Å². The zero-order valence-corrected chi connectivity index (χ0v) is 18.1. The number of nitrogens with zero attached hydrogens (tertiary/aromatic N) is 1. The van der Waals surface area contributed by atoms with Gasteiger partial charge in [-0.25, -0.2) is 4.79 Å². The predicted octanol–water partition coefficient (Wildman–Crippen LogP) is 2.89. The molecule has 2 N–H and O–H groups in total. The van der Waals surface area contributed by atoms with Crippen LogP contribution < -0.4 is 10.6 Å². The third-order valence-electron chi connectivity index (χ3n) is 5.09. The summed E-state index contributed by atoms with van der Waals surface area (Å²) in [5.74, 6) is -2.04. The van der Waals surface area contributed by atoms with Crippen LogP contribution in [0.2, 0.25) is 0 Å². The number of benzene rings is 2. The summed E-state index contributed by atoms with van der Waals surface area (Å²) in [6.07, 6.45) is 0. The second-order valence-electron chi connectivity index (χ2n) is 7.30. The molecule has 2 aromatic rings. The van der Waals surface area contributed by atoms with Gasteiger partial charge in [-0.3, -0.25) is 19.3 Å². The monoisotopic (exact) mass is 433 g/mol. The zero-order valence-electron chi connectivity index (χ0n) is 18.1. The van der Waals surface area contributed by atoms with Crippen LogP contribution in [0, 0.1) is 6.92 Å². The largest absolute Gasteiger partial charge is 0.464 e. The van der Waals surface area contributed by atoms with Crippen molar-refractivity contribution >= 4 is 29.4 Å². The van der Waals surface area contributed by atoms with E-state index in [0.717, 1.165) is 22.3 Å². The predicted molar refractivity (Wildman–Crippen MR) is 119 cm³/mol. The third kappa shape index (κ3) is 4.29. The molecule has 0 unspecified atom stereocenters. The number of rotatable bonds is 6. The molecule has 32 heavy (non-hydrogen) atoms. The molecule has 1 aliphatic heterocycles. The molecule has 164 valence electrons. The van der Waals surface area contributed by atoms with E-state index < -0.39 is 11.9 Å². The van der Waals surface area contributed by atoms with Crippen molar-refractivity contribution in [1.29, 1.82) is 0 Å². The zero-order chi connectivity index (χ0) is 23.6. The molecule has 0 spiro atoms. The molecule has 0 fully saturated rings. The Morgan fingerprint density at radius 2 is 1.72 bits per heavy atom. The summed E-state index contributed by atoms with van der Waals surface area (Å²) in [5.41, 5.74) is 4.25. The Labute approximate surface area is 185 Å². The topological polar surface area (TPSA) is 105 Å². The molecule has 3 amide bonds. The van der Waals surface area contributed by atoms with Crippen LogP contribution in [-0.2, 0) is 25.7 Å². The van der Waals surface area contributed by atoms with Gasteiger partial charge >= 0.3 is 5.97 Å². The Kier molecular flexibility index (Phi) is 6.25. The summed E-state index contributed by atoms with van der Waals surface area (Å²) >= 11 is 0. The van der Waals surface area contributed by atoms with Gasteiger partial charge in [-0.2, -0.15) is 0 Å². The van der Waals surface area contributed by atoms with Crippen LogP contribution in [0.5, 0.6) is 0 Å². The Morgan fingerprint density at radius 3 is 2.31 bits per heavy atom. The van der Waals surface area contributed by atoms with Crippen LogP contribution in [0.4, 0.5) is 5.69 Å². The lowest BCUT2D eigenvalue weighted by atomic mass is 9.92. The maximum absolute atomic E-state index is 13.0. The van der Waals surface area contributed by atoms with Gasteiger partial charge in [0.15, 0.2) is 0 Å². The number of anilines is 1. The Hall–Kier alpha value is -4.20. The van der Waals surface area contributed by atoms with Gasteiger partial charge in [0.2, 0.25) is 5.91 Å². The van der Waals surface area contributed by atoms with Gasteiger partial charge in [0.25, 0.3) is 11.8 Å². The van der Waals surface area contributed by atoms with Crippen molar-refractivity contribution < 1.29 is 23.9 Å². The van der Waals surface area contributed by atoms with E-state index in [9.17, 15) is 19.2 Å². The van der Waals surface area contributed by atoms with Gasteiger partial charge in [0, 0.05) is 18.2 Å². The van der Waals surface area contributed by atoms with Gasteiger partial charge < -0.3 is 15.4 Å². The molecule has 2 aromatic carbocycles. The highest BCUT2D eigenvalue weighted by atomic mass is 16.5. The van der Waals surface area contributed by atoms with Crippen LogP contribution in [0.1, 0.15) is 28.4 Å². The van der Waals surface area contributed by atoms with Crippen molar-refractivity contribution in [1.82, 2.24) is 10.2 Å². The minimum Gasteiger partial charge on any atom is -0.464 e. The number of methoxy groups -OCH3 is 1. The first-order valence-corrected chi connectivity index (χ1v) is 9.74.